The van der Waals surface area contributed by atoms with Crippen LogP contribution in [0.25, 0.3) is 0 Å². The fourth-order valence-corrected chi connectivity index (χ4v) is 1.29. The largest absolute Gasteiger partial charge is 0.480 e. The first kappa shape index (κ1) is 18.2. The minimum atomic E-state index is -1.05. The van der Waals surface area contributed by atoms with Gasteiger partial charge in [-0.1, -0.05) is 6.92 Å². The summed E-state index contributed by atoms with van der Waals surface area (Å²) in [6.45, 7) is 7.16. The van der Waals surface area contributed by atoms with E-state index in [0.717, 1.165) is 0 Å². The first-order chi connectivity index (χ1) is 7.11. The number of rotatable bonds is 5. The molecule has 17 heavy (non-hydrogen) atoms. The third kappa shape index (κ3) is 9.77. The molecule has 0 spiro atoms. The molecular weight excluding hydrogens is 226 g/mol. The first-order valence-electron chi connectivity index (χ1n) is 5.32. The van der Waals surface area contributed by atoms with E-state index >= 15 is 0 Å². The van der Waals surface area contributed by atoms with Crippen molar-refractivity contribution in [3.63, 3.8) is 0 Å². The second kappa shape index (κ2) is 7.24. The van der Waals surface area contributed by atoms with Gasteiger partial charge in [-0.3, -0.25) is 9.59 Å². The standard InChI is InChI=1S/C11H21NO4.H2O/c1-7(5-8(12)10(14)15)6-9(13)16-11(2,3)4;/h7-8H,5-6,12H2,1-4H3,(H,14,15);1H2/t7?,8-;/m1./s1. The van der Waals surface area contributed by atoms with E-state index in [0.29, 0.717) is 0 Å². The number of hydrogen-bond donors (Lipinski definition) is 2. The molecule has 102 valence electrons. The number of carbonyl (C=O) groups excluding carboxylic acids is 1. The highest BCUT2D eigenvalue weighted by atomic mass is 16.6. The number of nitrogens with two attached hydrogens (primary N) is 1. The lowest BCUT2D eigenvalue weighted by atomic mass is 9.99. The van der Waals surface area contributed by atoms with Crippen molar-refractivity contribution in [1.29, 1.82) is 0 Å². The van der Waals surface area contributed by atoms with Gasteiger partial charge in [-0.2, -0.15) is 0 Å². The average Bonchev–Trinajstić information content (AvgIpc) is 1.98. The number of carbonyl (C=O) groups is 2. The summed E-state index contributed by atoms with van der Waals surface area (Å²) >= 11 is 0. The molecule has 0 radical (unpaired) electrons. The van der Waals surface area contributed by atoms with Gasteiger partial charge in [0.25, 0.3) is 0 Å². The summed E-state index contributed by atoms with van der Waals surface area (Å²) in [5, 5.41) is 8.61. The molecule has 6 heteroatoms. The van der Waals surface area contributed by atoms with Crippen molar-refractivity contribution in [2.75, 3.05) is 0 Å². The van der Waals surface area contributed by atoms with E-state index in [1.807, 2.05) is 0 Å². The number of aliphatic carboxylic acids is 1. The summed E-state index contributed by atoms with van der Waals surface area (Å²) in [5.41, 5.74) is 4.86. The van der Waals surface area contributed by atoms with Crippen molar-refractivity contribution in [2.24, 2.45) is 11.7 Å². The molecule has 2 atom stereocenters. The number of carboxylic acids is 1. The van der Waals surface area contributed by atoms with Crippen LogP contribution in [0.3, 0.4) is 0 Å². The van der Waals surface area contributed by atoms with Crippen molar-refractivity contribution >= 4 is 11.9 Å². The van der Waals surface area contributed by atoms with Crippen molar-refractivity contribution in [1.82, 2.24) is 0 Å². The number of hydrogen-bond acceptors (Lipinski definition) is 4. The Morgan fingerprint density at radius 1 is 1.35 bits per heavy atom. The van der Waals surface area contributed by atoms with Gasteiger partial charge in [-0.15, -0.1) is 0 Å². The molecule has 0 fully saturated rings. The summed E-state index contributed by atoms with van der Waals surface area (Å²) in [7, 11) is 0. The van der Waals surface area contributed by atoms with Crippen LogP contribution in [0.5, 0.6) is 0 Å². The number of esters is 1. The highest BCUT2D eigenvalue weighted by Gasteiger charge is 2.21. The van der Waals surface area contributed by atoms with E-state index in [9.17, 15) is 9.59 Å². The minimum Gasteiger partial charge on any atom is -0.480 e. The highest BCUT2D eigenvalue weighted by Crippen LogP contribution is 2.14. The van der Waals surface area contributed by atoms with Gasteiger partial charge in [-0.25, -0.2) is 0 Å². The van der Waals surface area contributed by atoms with Crippen LogP contribution in [0.1, 0.15) is 40.5 Å². The molecule has 0 saturated heterocycles. The Hall–Kier alpha value is -1.14. The minimum absolute atomic E-state index is 0. The van der Waals surface area contributed by atoms with Crippen LogP contribution < -0.4 is 5.73 Å². The van der Waals surface area contributed by atoms with E-state index in [2.05, 4.69) is 0 Å². The number of carboxylic acid groups (broad SMARTS) is 1. The van der Waals surface area contributed by atoms with E-state index in [4.69, 9.17) is 15.6 Å². The molecule has 1 unspecified atom stereocenters. The van der Waals surface area contributed by atoms with E-state index < -0.39 is 17.6 Å². The Balaban J connectivity index is 0. The van der Waals surface area contributed by atoms with Crippen LogP contribution in [0.15, 0.2) is 0 Å². The lowest BCUT2D eigenvalue weighted by Gasteiger charge is -2.21. The SMILES string of the molecule is CC(CC(=O)OC(C)(C)C)C[C@@H](N)C(=O)O.O. The summed E-state index contributed by atoms with van der Waals surface area (Å²) in [6.07, 6.45) is 0.465. The Bertz CT molecular complexity index is 259. The van der Waals surface area contributed by atoms with Gasteiger partial charge >= 0.3 is 11.9 Å². The van der Waals surface area contributed by atoms with Crippen molar-refractivity contribution < 1.29 is 24.9 Å². The molecule has 0 saturated carbocycles. The van der Waals surface area contributed by atoms with Gasteiger partial charge < -0.3 is 21.1 Å². The van der Waals surface area contributed by atoms with Crippen molar-refractivity contribution in [3.8, 4) is 0 Å². The maximum Gasteiger partial charge on any atom is 0.320 e. The van der Waals surface area contributed by atoms with E-state index in [-0.39, 0.29) is 30.2 Å². The molecule has 0 aliphatic rings. The maximum absolute atomic E-state index is 11.4. The van der Waals surface area contributed by atoms with Crippen LogP contribution >= 0.6 is 0 Å². The predicted molar refractivity (Wildman–Crippen MR) is 63.5 cm³/mol. The first-order valence-corrected chi connectivity index (χ1v) is 5.32. The fourth-order valence-electron chi connectivity index (χ4n) is 1.29. The summed E-state index contributed by atoms with van der Waals surface area (Å²) in [5.74, 6) is -1.46. The molecule has 0 aliphatic carbocycles. The van der Waals surface area contributed by atoms with Gasteiger partial charge in [0.2, 0.25) is 0 Å². The van der Waals surface area contributed by atoms with Crippen molar-refractivity contribution in [2.45, 2.75) is 52.2 Å². The van der Waals surface area contributed by atoms with Crippen molar-refractivity contribution in [3.05, 3.63) is 0 Å². The molecule has 0 aromatic heterocycles. The van der Waals surface area contributed by atoms with Gasteiger partial charge in [0, 0.05) is 6.42 Å². The van der Waals surface area contributed by atoms with Gasteiger partial charge in [-0.05, 0) is 33.1 Å². The van der Waals surface area contributed by atoms with Crippen LogP contribution in [0, 0.1) is 5.92 Å². The van der Waals surface area contributed by atoms with Crippen LogP contribution in [0.4, 0.5) is 0 Å². The Labute approximate surface area is 101 Å². The molecule has 0 aromatic carbocycles. The Morgan fingerprint density at radius 3 is 2.18 bits per heavy atom. The average molecular weight is 249 g/mol. The normalized spacial score (nSPS) is 14.4. The number of ether oxygens (including phenoxy) is 1. The fraction of sp³-hybridized carbons (Fsp3) is 0.818. The van der Waals surface area contributed by atoms with Crippen LogP contribution in [0.2, 0.25) is 0 Å². The zero-order valence-electron chi connectivity index (χ0n) is 10.8. The highest BCUT2D eigenvalue weighted by molar-refractivity contribution is 5.73. The molecule has 0 bridgehead atoms. The second-order valence-corrected chi connectivity index (χ2v) is 5.08. The second-order valence-electron chi connectivity index (χ2n) is 5.08. The Morgan fingerprint density at radius 2 is 1.82 bits per heavy atom. The molecular formula is C11H23NO5. The smallest absolute Gasteiger partial charge is 0.320 e. The maximum atomic E-state index is 11.4. The quantitative estimate of drug-likeness (QED) is 0.680. The molecule has 0 heterocycles. The molecule has 0 aliphatic heterocycles. The summed E-state index contributed by atoms with van der Waals surface area (Å²) in [6, 6.07) is -0.919. The Kier molecular flexibility index (Phi) is 7.76. The molecule has 0 aromatic rings. The predicted octanol–water partition coefficient (Wildman–Crippen LogP) is 0.332. The van der Waals surface area contributed by atoms with Gasteiger partial charge in [0.15, 0.2) is 0 Å². The summed E-state index contributed by atoms with van der Waals surface area (Å²) in [4.78, 5) is 21.9. The van der Waals surface area contributed by atoms with Crippen LogP contribution in [-0.4, -0.2) is 34.2 Å². The third-order valence-corrected chi connectivity index (χ3v) is 1.91. The molecule has 0 amide bonds. The monoisotopic (exact) mass is 249 g/mol. The molecule has 0 rings (SSSR count). The molecule has 5 N–H and O–H groups in total. The van der Waals surface area contributed by atoms with Gasteiger partial charge in [0.05, 0.1) is 0 Å². The lowest BCUT2D eigenvalue weighted by molar-refractivity contribution is -0.156. The van der Waals surface area contributed by atoms with E-state index in [1.165, 1.54) is 0 Å². The van der Waals surface area contributed by atoms with Crippen LogP contribution in [-0.2, 0) is 14.3 Å². The zero-order valence-corrected chi connectivity index (χ0v) is 10.8. The lowest BCUT2D eigenvalue weighted by Crippen LogP contribution is -2.33. The molecule has 6 nitrogen and oxygen atoms in total. The third-order valence-electron chi connectivity index (χ3n) is 1.91. The zero-order chi connectivity index (χ0) is 12.9. The van der Waals surface area contributed by atoms with Gasteiger partial charge in [0.1, 0.15) is 11.6 Å². The summed E-state index contributed by atoms with van der Waals surface area (Å²) < 4.78 is 5.12. The topological polar surface area (TPSA) is 121 Å². The van der Waals surface area contributed by atoms with E-state index in [1.54, 1.807) is 27.7 Å².